The highest BCUT2D eigenvalue weighted by atomic mass is 16.5. The number of benzene rings is 2. The second kappa shape index (κ2) is 8.97. The van der Waals surface area contributed by atoms with E-state index in [4.69, 9.17) is 14.2 Å². The van der Waals surface area contributed by atoms with Crippen LogP contribution in [0.25, 0.3) is 0 Å². The Morgan fingerprint density at radius 2 is 1.72 bits per heavy atom. The van der Waals surface area contributed by atoms with Crippen LogP contribution in [-0.4, -0.2) is 32.3 Å². The summed E-state index contributed by atoms with van der Waals surface area (Å²) < 4.78 is 16.6. The number of aryl methyl sites for hydroxylation is 1. The normalized spacial score (nSPS) is 11.5. The van der Waals surface area contributed by atoms with Crippen LogP contribution in [0, 0.1) is 13.8 Å². The van der Waals surface area contributed by atoms with Crippen molar-refractivity contribution in [1.82, 2.24) is 5.32 Å². The van der Waals surface area contributed by atoms with Gasteiger partial charge >= 0.3 is 0 Å². The van der Waals surface area contributed by atoms with Gasteiger partial charge in [0, 0.05) is 0 Å². The van der Waals surface area contributed by atoms with E-state index in [1.54, 1.807) is 26.2 Å². The summed E-state index contributed by atoms with van der Waals surface area (Å²) >= 11 is 0. The van der Waals surface area contributed by atoms with Crippen molar-refractivity contribution in [3.05, 3.63) is 53.6 Å². The molecule has 5 heteroatoms. The number of carbonyl (C=O) groups is 1. The molecule has 2 aromatic rings. The van der Waals surface area contributed by atoms with Gasteiger partial charge in [-0.2, -0.15) is 0 Å². The van der Waals surface area contributed by atoms with Crippen molar-refractivity contribution in [2.24, 2.45) is 0 Å². The first-order valence-corrected chi connectivity index (χ1v) is 8.29. The summed E-state index contributed by atoms with van der Waals surface area (Å²) in [6.07, 6.45) is -0.628. The van der Waals surface area contributed by atoms with Crippen molar-refractivity contribution in [3.8, 4) is 17.2 Å². The van der Waals surface area contributed by atoms with Gasteiger partial charge in [0.2, 0.25) is 0 Å². The van der Waals surface area contributed by atoms with E-state index in [0.29, 0.717) is 24.7 Å². The summed E-state index contributed by atoms with van der Waals surface area (Å²) in [6, 6.07) is 13.2. The van der Waals surface area contributed by atoms with E-state index in [1.165, 1.54) is 5.56 Å². The molecule has 0 aliphatic rings. The number of rotatable bonds is 8. The Morgan fingerprint density at radius 3 is 2.44 bits per heavy atom. The van der Waals surface area contributed by atoms with Crippen molar-refractivity contribution in [3.63, 3.8) is 0 Å². The number of methoxy groups -OCH3 is 1. The Morgan fingerprint density at radius 1 is 1.04 bits per heavy atom. The van der Waals surface area contributed by atoms with E-state index in [-0.39, 0.29) is 5.91 Å². The number of ether oxygens (including phenoxy) is 3. The first kappa shape index (κ1) is 18.6. The van der Waals surface area contributed by atoms with Crippen molar-refractivity contribution < 1.29 is 19.0 Å². The van der Waals surface area contributed by atoms with Crippen LogP contribution >= 0.6 is 0 Å². The van der Waals surface area contributed by atoms with Crippen LogP contribution in [0.3, 0.4) is 0 Å². The minimum absolute atomic E-state index is 0.199. The Hall–Kier alpha value is -2.69. The number of hydrogen-bond acceptors (Lipinski definition) is 4. The zero-order chi connectivity index (χ0) is 18.2. The fourth-order valence-corrected chi connectivity index (χ4v) is 2.32. The van der Waals surface area contributed by atoms with Gasteiger partial charge in [0.05, 0.1) is 13.7 Å². The first-order valence-electron chi connectivity index (χ1n) is 8.29. The summed E-state index contributed by atoms with van der Waals surface area (Å²) in [5, 5.41) is 2.81. The lowest BCUT2D eigenvalue weighted by atomic mass is 10.1. The van der Waals surface area contributed by atoms with Gasteiger partial charge in [0.1, 0.15) is 12.4 Å². The molecule has 134 valence electrons. The average molecular weight is 343 g/mol. The van der Waals surface area contributed by atoms with Crippen LogP contribution in [0.15, 0.2) is 42.5 Å². The molecule has 0 unspecified atom stereocenters. The monoisotopic (exact) mass is 343 g/mol. The number of hydrogen-bond donors (Lipinski definition) is 1. The quantitative estimate of drug-likeness (QED) is 0.748. The van der Waals surface area contributed by atoms with Gasteiger partial charge in [-0.1, -0.05) is 24.3 Å². The van der Waals surface area contributed by atoms with Crippen molar-refractivity contribution in [2.45, 2.75) is 26.9 Å². The molecule has 0 spiro atoms. The molecule has 0 aliphatic heterocycles. The topological polar surface area (TPSA) is 56.8 Å². The summed E-state index contributed by atoms with van der Waals surface area (Å²) in [6.45, 7) is 6.57. The predicted octanol–water partition coefficient (Wildman–Crippen LogP) is 3.27. The summed E-state index contributed by atoms with van der Waals surface area (Å²) in [5.74, 6) is 1.78. The van der Waals surface area contributed by atoms with Crippen LogP contribution in [0.4, 0.5) is 0 Å². The number of carbonyl (C=O) groups excluding carboxylic acids is 1. The van der Waals surface area contributed by atoms with Gasteiger partial charge in [-0.3, -0.25) is 4.79 Å². The lowest BCUT2D eigenvalue weighted by molar-refractivity contribution is -0.127. The van der Waals surface area contributed by atoms with E-state index in [2.05, 4.69) is 5.32 Å². The van der Waals surface area contributed by atoms with Crippen LogP contribution in [0.5, 0.6) is 17.2 Å². The lowest BCUT2D eigenvalue weighted by Crippen LogP contribution is -2.38. The minimum Gasteiger partial charge on any atom is -0.493 e. The molecule has 0 bridgehead atoms. The van der Waals surface area contributed by atoms with Crippen molar-refractivity contribution in [1.29, 1.82) is 0 Å². The van der Waals surface area contributed by atoms with Gasteiger partial charge in [-0.15, -0.1) is 0 Å². The average Bonchev–Trinajstić information content (AvgIpc) is 2.62. The Kier molecular flexibility index (Phi) is 6.69. The Bertz CT molecular complexity index is 715. The summed E-state index contributed by atoms with van der Waals surface area (Å²) in [5.41, 5.74) is 2.29. The van der Waals surface area contributed by atoms with Crippen molar-refractivity contribution in [2.75, 3.05) is 20.3 Å². The number of amides is 1. The number of nitrogens with one attached hydrogen (secondary N) is 1. The van der Waals surface area contributed by atoms with Crippen LogP contribution in [0.2, 0.25) is 0 Å². The summed E-state index contributed by atoms with van der Waals surface area (Å²) in [4.78, 5) is 12.1. The highest BCUT2D eigenvalue weighted by molar-refractivity contribution is 5.80. The second-order valence-corrected chi connectivity index (χ2v) is 5.75. The predicted molar refractivity (Wildman–Crippen MR) is 97.5 cm³/mol. The fourth-order valence-electron chi connectivity index (χ4n) is 2.32. The molecule has 0 aromatic heterocycles. The molecule has 5 nitrogen and oxygen atoms in total. The molecule has 0 heterocycles. The smallest absolute Gasteiger partial charge is 0.260 e. The third kappa shape index (κ3) is 5.14. The maximum absolute atomic E-state index is 12.1. The van der Waals surface area contributed by atoms with E-state index >= 15 is 0 Å². The van der Waals surface area contributed by atoms with E-state index in [0.717, 1.165) is 11.3 Å². The Labute approximate surface area is 148 Å². The van der Waals surface area contributed by atoms with Gasteiger partial charge in [-0.05, 0) is 50.1 Å². The van der Waals surface area contributed by atoms with E-state index in [9.17, 15) is 4.79 Å². The first-order chi connectivity index (χ1) is 12.0. The van der Waals surface area contributed by atoms with Crippen LogP contribution in [-0.2, 0) is 4.79 Å². The van der Waals surface area contributed by atoms with E-state index < -0.39 is 6.10 Å². The highest BCUT2D eigenvalue weighted by Crippen LogP contribution is 2.26. The fraction of sp³-hybridized carbons (Fsp3) is 0.350. The molecule has 2 rings (SSSR count). The largest absolute Gasteiger partial charge is 0.493 e. The van der Waals surface area contributed by atoms with Gasteiger partial charge < -0.3 is 19.5 Å². The molecule has 25 heavy (non-hydrogen) atoms. The van der Waals surface area contributed by atoms with Gasteiger partial charge in [-0.25, -0.2) is 0 Å². The molecule has 1 N–H and O–H groups in total. The molecule has 2 aromatic carbocycles. The Balaban J connectivity index is 1.79. The van der Waals surface area contributed by atoms with Gasteiger partial charge in [0.25, 0.3) is 5.91 Å². The standard InChI is InChI=1S/C20H25NO4/c1-14-8-7-11-17(15(14)2)24-13-12-21-20(22)16(3)25-19-10-6-5-9-18(19)23-4/h5-11,16H,12-13H2,1-4H3,(H,21,22)/t16-/m1/s1. The maximum atomic E-state index is 12.1. The molecule has 0 aliphatic carbocycles. The zero-order valence-electron chi connectivity index (χ0n) is 15.2. The molecular weight excluding hydrogens is 318 g/mol. The molecular formula is C20H25NO4. The third-order valence-electron chi connectivity index (χ3n) is 3.96. The molecule has 0 fully saturated rings. The van der Waals surface area contributed by atoms with Crippen LogP contribution < -0.4 is 19.5 Å². The van der Waals surface area contributed by atoms with E-state index in [1.807, 2.05) is 44.2 Å². The number of para-hydroxylation sites is 2. The minimum atomic E-state index is -0.628. The van der Waals surface area contributed by atoms with Crippen LogP contribution in [0.1, 0.15) is 18.1 Å². The summed E-state index contributed by atoms with van der Waals surface area (Å²) in [7, 11) is 1.57. The maximum Gasteiger partial charge on any atom is 0.260 e. The van der Waals surface area contributed by atoms with Crippen molar-refractivity contribution >= 4 is 5.91 Å². The SMILES string of the molecule is COc1ccccc1O[C@H](C)C(=O)NCCOc1cccc(C)c1C. The zero-order valence-corrected chi connectivity index (χ0v) is 15.2. The molecule has 1 amide bonds. The molecule has 0 saturated heterocycles. The lowest BCUT2D eigenvalue weighted by Gasteiger charge is -2.17. The molecule has 0 radical (unpaired) electrons. The molecule has 0 saturated carbocycles. The third-order valence-corrected chi connectivity index (χ3v) is 3.96. The molecule has 1 atom stereocenters. The second-order valence-electron chi connectivity index (χ2n) is 5.75. The highest BCUT2D eigenvalue weighted by Gasteiger charge is 2.16. The van der Waals surface area contributed by atoms with Gasteiger partial charge in [0.15, 0.2) is 17.6 Å².